The fraction of sp³-hybridized carbons (Fsp3) is 0.0526. The number of halogens is 2. The zero-order valence-corrected chi connectivity index (χ0v) is 14.6. The van der Waals surface area contributed by atoms with Gasteiger partial charge in [0.2, 0.25) is 5.91 Å². The molecule has 25 heavy (non-hydrogen) atoms. The molecule has 0 radical (unpaired) electrons. The molecule has 3 aromatic rings. The molecule has 0 saturated carbocycles. The van der Waals surface area contributed by atoms with E-state index in [0.717, 1.165) is 5.56 Å². The number of anilines is 1. The largest absolute Gasteiger partial charge is 0.325 e. The number of thioether (sulfide) groups is 1. The molecule has 126 valence electrons. The Hall–Kier alpha value is -2.37. The van der Waals surface area contributed by atoms with E-state index < -0.39 is 5.25 Å². The van der Waals surface area contributed by atoms with Crippen molar-refractivity contribution in [2.45, 2.75) is 10.3 Å². The molecule has 0 aliphatic carbocycles. The van der Waals surface area contributed by atoms with E-state index in [0.29, 0.717) is 15.7 Å². The minimum atomic E-state index is -0.500. The van der Waals surface area contributed by atoms with Gasteiger partial charge in [0.1, 0.15) is 11.1 Å². The number of nitrogens with one attached hydrogen (secondary N) is 1. The Balaban J connectivity index is 1.83. The van der Waals surface area contributed by atoms with Crippen LogP contribution in [0.4, 0.5) is 10.1 Å². The van der Waals surface area contributed by atoms with Crippen molar-refractivity contribution in [2.24, 2.45) is 0 Å². The molecule has 0 bridgehead atoms. The second-order valence-corrected chi connectivity index (χ2v) is 6.78. The lowest BCUT2D eigenvalue weighted by molar-refractivity contribution is -0.115. The number of rotatable bonds is 5. The standard InChI is InChI=1S/C19H14ClFN2OS/c20-14-6-11-17(22-12-14)25-18(13-4-2-1-3-5-13)19(24)23-16-9-7-15(21)8-10-16/h1-12,18H,(H,23,24). The van der Waals surface area contributed by atoms with Crippen molar-refractivity contribution in [3.63, 3.8) is 0 Å². The number of benzene rings is 2. The number of hydrogen-bond acceptors (Lipinski definition) is 3. The molecule has 3 nitrogen and oxygen atoms in total. The average molecular weight is 373 g/mol. The van der Waals surface area contributed by atoms with Gasteiger partial charge in [-0.15, -0.1) is 0 Å². The lowest BCUT2D eigenvalue weighted by atomic mass is 10.1. The summed E-state index contributed by atoms with van der Waals surface area (Å²) in [5.41, 5.74) is 1.39. The monoisotopic (exact) mass is 372 g/mol. The van der Waals surface area contributed by atoms with Crippen molar-refractivity contribution in [3.05, 3.63) is 89.3 Å². The highest BCUT2D eigenvalue weighted by molar-refractivity contribution is 8.00. The Kier molecular flexibility index (Phi) is 5.68. The summed E-state index contributed by atoms with van der Waals surface area (Å²) in [7, 11) is 0. The predicted molar refractivity (Wildman–Crippen MR) is 99.3 cm³/mol. The number of amides is 1. The molecule has 2 aromatic carbocycles. The Labute approximate surface area is 154 Å². The van der Waals surface area contributed by atoms with Gasteiger partial charge in [0.15, 0.2) is 0 Å². The van der Waals surface area contributed by atoms with E-state index in [1.807, 2.05) is 30.3 Å². The van der Waals surface area contributed by atoms with Gasteiger partial charge in [-0.25, -0.2) is 9.37 Å². The SMILES string of the molecule is O=C(Nc1ccc(F)cc1)C(Sc1ccc(Cl)cn1)c1ccccc1. The molecule has 1 unspecified atom stereocenters. The molecular formula is C19H14ClFN2OS. The van der Waals surface area contributed by atoms with Crippen molar-refractivity contribution < 1.29 is 9.18 Å². The summed E-state index contributed by atoms with van der Waals surface area (Å²) >= 11 is 7.19. The van der Waals surface area contributed by atoms with Crippen LogP contribution in [0.15, 0.2) is 78.0 Å². The van der Waals surface area contributed by atoms with Crippen LogP contribution < -0.4 is 5.32 Å². The number of carbonyl (C=O) groups is 1. The van der Waals surface area contributed by atoms with Crippen LogP contribution in [-0.2, 0) is 4.79 Å². The van der Waals surface area contributed by atoms with Crippen molar-refractivity contribution >= 4 is 35.0 Å². The molecule has 6 heteroatoms. The van der Waals surface area contributed by atoms with Crippen molar-refractivity contribution in [1.29, 1.82) is 0 Å². The first kappa shape index (κ1) is 17.5. The Bertz CT molecular complexity index is 842. The van der Waals surface area contributed by atoms with E-state index in [-0.39, 0.29) is 11.7 Å². The van der Waals surface area contributed by atoms with Crippen molar-refractivity contribution in [3.8, 4) is 0 Å². The smallest absolute Gasteiger partial charge is 0.242 e. The lowest BCUT2D eigenvalue weighted by Crippen LogP contribution is -2.19. The molecular weight excluding hydrogens is 359 g/mol. The average Bonchev–Trinajstić information content (AvgIpc) is 2.64. The summed E-state index contributed by atoms with van der Waals surface area (Å²) < 4.78 is 13.0. The summed E-state index contributed by atoms with van der Waals surface area (Å²) in [5, 5.41) is 3.54. The number of hydrogen-bond donors (Lipinski definition) is 1. The third-order valence-corrected chi connectivity index (χ3v) is 4.82. The zero-order chi connectivity index (χ0) is 17.6. The van der Waals surface area contributed by atoms with Gasteiger partial charge in [-0.1, -0.05) is 53.7 Å². The molecule has 1 aromatic heterocycles. The third kappa shape index (κ3) is 4.81. The Morgan fingerprint density at radius 1 is 1.04 bits per heavy atom. The summed E-state index contributed by atoms with van der Waals surface area (Å²) in [6.07, 6.45) is 1.55. The maximum absolute atomic E-state index is 13.0. The molecule has 1 N–H and O–H groups in total. The second kappa shape index (κ2) is 8.14. The quantitative estimate of drug-likeness (QED) is 0.614. The Morgan fingerprint density at radius 2 is 1.76 bits per heavy atom. The summed E-state index contributed by atoms with van der Waals surface area (Å²) in [6.45, 7) is 0. The highest BCUT2D eigenvalue weighted by Gasteiger charge is 2.22. The fourth-order valence-corrected chi connectivity index (χ4v) is 3.27. The molecule has 3 rings (SSSR count). The first-order valence-corrected chi connectivity index (χ1v) is 8.77. The van der Waals surface area contributed by atoms with Crippen molar-refractivity contribution in [2.75, 3.05) is 5.32 Å². The molecule has 0 saturated heterocycles. The molecule has 0 fully saturated rings. The van der Waals surface area contributed by atoms with Crippen molar-refractivity contribution in [1.82, 2.24) is 4.98 Å². The van der Waals surface area contributed by atoms with E-state index in [2.05, 4.69) is 10.3 Å². The molecule has 1 amide bonds. The summed E-state index contributed by atoms with van der Waals surface area (Å²) in [6, 6.07) is 18.6. The maximum atomic E-state index is 13.0. The topological polar surface area (TPSA) is 42.0 Å². The van der Waals surface area contributed by atoms with Gasteiger partial charge in [0, 0.05) is 11.9 Å². The van der Waals surface area contributed by atoms with Crippen LogP contribution in [0.25, 0.3) is 0 Å². The second-order valence-electron chi connectivity index (χ2n) is 5.22. The first-order valence-electron chi connectivity index (χ1n) is 7.51. The highest BCUT2D eigenvalue weighted by atomic mass is 35.5. The van der Waals surface area contributed by atoms with E-state index in [1.165, 1.54) is 36.0 Å². The lowest BCUT2D eigenvalue weighted by Gasteiger charge is -2.16. The van der Waals surface area contributed by atoms with E-state index >= 15 is 0 Å². The minimum Gasteiger partial charge on any atom is -0.325 e. The van der Waals surface area contributed by atoms with Gasteiger partial charge in [-0.3, -0.25) is 4.79 Å². The number of aromatic nitrogens is 1. The van der Waals surface area contributed by atoms with E-state index in [4.69, 9.17) is 11.6 Å². The first-order chi connectivity index (χ1) is 12.1. The van der Waals surface area contributed by atoms with Crippen LogP contribution >= 0.6 is 23.4 Å². The van der Waals surface area contributed by atoms with Crippen LogP contribution in [0.1, 0.15) is 10.8 Å². The van der Waals surface area contributed by atoms with E-state index in [1.54, 1.807) is 18.3 Å². The fourth-order valence-electron chi connectivity index (χ4n) is 2.19. The molecule has 1 heterocycles. The zero-order valence-electron chi connectivity index (χ0n) is 13.0. The highest BCUT2D eigenvalue weighted by Crippen LogP contribution is 2.35. The molecule has 0 aliphatic rings. The number of nitrogens with zero attached hydrogens (tertiary/aromatic N) is 1. The van der Waals surface area contributed by atoms with Gasteiger partial charge in [-0.2, -0.15) is 0 Å². The summed E-state index contributed by atoms with van der Waals surface area (Å²) in [5.74, 6) is -0.558. The number of pyridine rings is 1. The van der Waals surface area contributed by atoms with Crippen LogP contribution in [0.2, 0.25) is 5.02 Å². The van der Waals surface area contributed by atoms with E-state index in [9.17, 15) is 9.18 Å². The van der Waals surface area contributed by atoms with Gasteiger partial charge in [0.25, 0.3) is 0 Å². The minimum absolute atomic E-state index is 0.209. The molecule has 0 spiro atoms. The maximum Gasteiger partial charge on any atom is 0.242 e. The Morgan fingerprint density at radius 3 is 2.40 bits per heavy atom. The molecule has 0 aliphatic heterocycles. The van der Waals surface area contributed by atoms with Gasteiger partial charge in [-0.05, 0) is 42.0 Å². The van der Waals surface area contributed by atoms with Crippen LogP contribution in [0, 0.1) is 5.82 Å². The predicted octanol–water partition coefficient (Wildman–Crippen LogP) is 5.35. The number of carbonyl (C=O) groups excluding carboxylic acids is 1. The van der Waals surface area contributed by atoms with Gasteiger partial charge < -0.3 is 5.32 Å². The third-order valence-electron chi connectivity index (χ3n) is 3.39. The van der Waals surface area contributed by atoms with Gasteiger partial charge >= 0.3 is 0 Å². The van der Waals surface area contributed by atoms with Crippen LogP contribution in [0.5, 0.6) is 0 Å². The van der Waals surface area contributed by atoms with Gasteiger partial charge in [0.05, 0.1) is 10.0 Å². The van der Waals surface area contributed by atoms with Crippen LogP contribution in [-0.4, -0.2) is 10.9 Å². The van der Waals surface area contributed by atoms with Crippen LogP contribution in [0.3, 0.4) is 0 Å². The normalized spacial score (nSPS) is 11.8. The molecule has 1 atom stereocenters. The summed E-state index contributed by atoms with van der Waals surface area (Å²) in [4.78, 5) is 17.0.